The molecule has 8 heteroatoms. The molecule has 3 rings (SSSR count). The smallest absolute Gasteiger partial charge is 0.329 e. The molecule has 1 aromatic carbocycles. The molecule has 0 aromatic heterocycles. The van der Waals surface area contributed by atoms with Crippen molar-refractivity contribution in [3.8, 4) is 5.75 Å². The third kappa shape index (κ3) is 4.75. The van der Waals surface area contributed by atoms with Crippen molar-refractivity contribution in [3.05, 3.63) is 24.3 Å². The van der Waals surface area contributed by atoms with Gasteiger partial charge in [0.25, 0.3) is 11.8 Å². The highest BCUT2D eigenvalue weighted by Gasteiger charge is 2.53. The molecule has 0 bridgehead atoms. The van der Waals surface area contributed by atoms with E-state index in [1.807, 2.05) is 19.1 Å². The standard InChI is InChI=1S/C22H32N4O4/c1-4-13-25(14-19(27)23-17-7-5-6-8-18(17)30-3)15-26-20(28)22(24-21(26)29)11-9-16(2)10-12-22/h5-8,16H,4,9-15H2,1-3H3,(H,23,27)(H,24,29)/p+1. The molecule has 1 saturated carbocycles. The van der Waals surface area contributed by atoms with Crippen LogP contribution in [0.2, 0.25) is 0 Å². The Morgan fingerprint density at radius 1 is 1.30 bits per heavy atom. The maximum Gasteiger partial charge on any atom is 0.329 e. The summed E-state index contributed by atoms with van der Waals surface area (Å²) >= 11 is 0. The monoisotopic (exact) mass is 417 g/mol. The van der Waals surface area contributed by atoms with Crippen LogP contribution in [0.4, 0.5) is 10.5 Å². The Kier molecular flexibility index (Phi) is 6.97. The lowest BCUT2D eigenvalue weighted by molar-refractivity contribution is -0.899. The molecular formula is C22H33N4O4+. The maximum atomic E-state index is 13.1. The number of nitrogens with one attached hydrogen (secondary N) is 3. The van der Waals surface area contributed by atoms with Gasteiger partial charge in [-0.15, -0.1) is 0 Å². The molecule has 0 radical (unpaired) electrons. The number of benzene rings is 1. The normalized spacial score (nSPS) is 24.6. The largest absolute Gasteiger partial charge is 0.495 e. The first kappa shape index (κ1) is 22.1. The third-order valence-electron chi connectivity index (χ3n) is 6.15. The molecule has 8 nitrogen and oxygen atoms in total. The second kappa shape index (κ2) is 9.47. The third-order valence-corrected chi connectivity index (χ3v) is 6.15. The number of hydrogen-bond acceptors (Lipinski definition) is 4. The molecule has 1 spiro atoms. The van der Waals surface area contributed by atoms with Crippen LogP contribution in [0.5, 0.6) is 5.75 Å². The summed E-state index contributed by atoms with van der Waals surface area (Å²) < 4.78 is 5.28. The Hall–Kier alpha value is -2.61. The average molecular weight is 418 g/mol. The van der Waals surface area contributed by atoms with E-state index in [4.69, 9.17) is 4.74 Å². The first-order chi connectivity index (χ1) is 14.4. The van der Waals surface area contributed by atoms with Crippen LogP contribution < -0.4 is 20.3 Å². The number of urea groups is 1. The van der Waals surface area contributed by atoms with Gasteiger partial charge in [-0.05, 0) is 50.2 Å². The first-order valence-electron chi connectivity index (χ1n) is 10.8. The Morgan fingerprint density at radius 3 is 2.67 bits per heavy atom. The highest BCUT2D eigenvalue weighted by Crippen LogP contribution is 2.36. The predicted octanol–water partition coefficient (Wildman–Crippen LogP) is 1.39. The highest BCUT2D eigenvalue weighted by molar-refractivity contribution is 6.07. The topological polar surface area (TPSA) is 92.2 Å². The molecule has 30 heavy (non-hydrogen) atoms. The number of methoxy groups -OCH3 is 1. The van der Waals surface area contributed by atoms with E-state index in [1.54, 1.807) is 19.2 Å². The lowest BCUT2D eigenvalue weighted by Crippen LogP contribution is -3.14. The number of carbonyl (C=O) groups is 3. The predicted molar refractivity (Wildman–Crippen MR) is 113 cm³/mol. The summed E-state index contributed by atoms with van der Waals surface area (Å²) in [7, 11) is 1.55. The van der Waals surface area contributed by atoms with Crippen molar-refractivity contribution < 1.29 is 24.0 Å². The minimum absolute atomic E-state index is 0.141. The van der Waals surface area contributed by atoms with Crippen LogP contribution in [-0.2, 0) is 9.59 Å². The Labute approximate surface area is 177 Å². The van der Waals surface area contributed by atoms with Gasteiger partial charge in [0, 0.05) is 0 Å². The molecular weight excluding hydrogens is 384 g/mol. The number of ether oxygens (including phenoxy) is 1. The van der Waals surface area contributed by atoms with Crippen LogP contribution in [0.25, 0.3) is 0 Å². The minimum Gasteiger partial charge on any atom is -0.495 e. The fourth-order valence-corrected chi connectivity index (χ4v) is 4.38. The SMILES string of the molecule is CCC[NH+](CC(=O)Nc1ccccc1OC)CN1C(=O)NC2(CCC(C)CC2)C1=O. The zero-order valence-electron chi connectivity index (χ0n) is 18.1. The fourth-order valence-electron chi connectivity index (χ4n) is 4.38. The van der Waals surface area contributed by atoms with Gasteiger partial charge in [0.2, 0.25) is 0 Å². The van der Waals surface area contributed by atoms with Gasteiger partial charge in [0.05, 0.1) is 19.3 Å². The molecule has 1 heterocycles. The number of nitrogens with zero attached hydrogens (tertiary/aromatic N) is 1. The van der Waals surface area contributed by atoms with Gasteiger partial charge >= 0.3 is 6.03 Å². The number of para-hydroxylation sites is 2. The Balaban J connectivity index is 1.64. The summed E-state index contributed by atoms with van der Waals surface area (Å²) in [6, 6.07) is 6.88. The molecule has 164 valence electrons. The zero-order chi connectivity index (χ0) is 21.7. The summed E-state index contributed by atoms with van der Waals surface area (Å²) in [5.41, 5.74) is -0.147. The number of amides is 4. The number of imide groups is 1. The number of carbonyl (C=O) groups excluding carboxylic acids is 3. The van der Waals surface area contributed by atoms with Crippen molar-refractivity contribution in [2.45, 2.75) is 51.5 Å². The molecule has 3 N–H and O–H groups in total. The van der Waals surface area contributed by atoms with Crippen molar-refractivity contribution in [1.82, 2.24) is 10.2 Å². The number of hydrogen-bond donors (Lipinski definition) is 3. The maximum absolute atomic E-state index is 13.1. The van der Waals surface area contributed by atoms with Gasteiger partial charge in [-0.2, -0.15) is 0 Å². The van der Waals surface area contributed by atoms with Crippen molar-refractivity contribution in [2.75, 3.05) is 32.2 Å². The van der Waals surface area contributed by atoms with Gasteiger partial charge in [-0.3, -0.25) is 9.59 Å². The fraction of sp³-hybridized carbons (Fsp3) is 0.591. The summed E-state index contributed by atoms with van der Waals surface area (Å²) in [6.45, 7) is 5.23. The van der Waals surface area contributed by atoms with E-state index >= 15 is 0 Å². The average Bonchev–Trinajstić information content (AvgIpc) is 2.95. The van der Waals surface area contributed by atoms with Crippen LogP contribution in [-0.4, -0.2) is 55.2 Å². The van der Waals surface area contributed by atoms with E-state index in [1.165, 1.54) is 4.90 Å². The van der Waals surface area contributed by atoms with E-state index in [2.05, 4.69) is 17.6 Å². The summed E-state index contributed by atoms with van der Waals surface area (Å²) in [5, 5.41) is 5.82. The lowest BCUT2D eigenvalue weighted by atomic mass is 9.77. The molecule has 1 atom stereocenters. The van der Waals surface area contributed by atoms with E-state index in [0.29, 0.717) is 36.7 Å². The van der Waals surface area contributed by atoms with Gasteiger partial charge < -0.3 is 20.3 Å². The van der Waals surface area contributed by atoms with Crippen LogP contribution in [0.3, 0.4) is 0 Å². The summed E-state index contributed by atoms with van der Waals surface area (Å²) in [4.78, 5) is 40.5. The lowest BCUT2D eigenvalue weighted by Gasteiger charge is -2.33. The Bertz CT molecular complexity index is 789. The van der Waals surface area contributed by atoms with Gasteiger partial charge in [-0.25, -0.2) is 9.69 Å². The van der Waals surface area contributed by atoms with Crippen molar-refractivity contribution in [3.63, 3.8) is 0 Å². The van der Waals surface area contributed by atoms with Crippen LogP contribution >= 0.6 is 0 Å². The molecule has 2 aliphatic rings. The minimum atomic E-state index is -0.749. The quantitative estimate of drug-likeness (QED) is 0.558. The number of rotatable bonds is 8. The van der Waals surface area contributed by atoms with Gasteiger partial charge in [0.15, 0.2) is 13.2 Å². The van der Waals surface area contributed by atoms with Gasteiger partial charge in [0.1, 0.15) is 11.3 Å². The van der Waals surface area contributed by atoms with Crippen LogP contribution in [0.15, 0.2) is 24.3 Å². The van der Waals surface area contributed by atoms with E-state index in [9.17, 15) is 14.4 Å². The molecule has 4 amide bonds. The summed E-state index contributed by atoms with van der Waals surface area (Å²) in [5.74, 6) is 0.843. The molecule has 1 aliphatic carbocycles. The van der Waals surface area contributed by atoms with Crippen LogP contribution in [0.1, 0.15) is 46.0 Å². The molecule has 1 saturated heterocycles. The van der Waals surface area contributed by atoms with Gasteiger partial charge in [-0.1, -0.05) is 26.0 Å². The molecule has 1 aliphatic heterocycles. The molecule has 2 fully saturated rings. The van der Waals surface area contributed by atoms with Crippen molar-refractivity contribution in [1.29, 1.82) is 0 Å². The Morgan fingerprint density at radius 2 is 2.00 bits per heavy atom. The second-order valence-electron chi connectivity index (χ2n) is 8.51. The van der Waals surface area contributed by atoms with E-state index in [0.717, 1.165) is 24.2 Å². The van der Waals surface area contributed by atoms with Crippen molar-refractivity contribution >= 4 is 23.5 Å². The number of quaternary nitrogens is 1. The van der Waals surface area contributed by atoms with Crippen LogP contribution in [0, 0.1) is 5.92 Å². The van der Waals surface area contributed by atoms with Crippen molar-refractivity contribution in [2.24, 2.45) is 5.92 Å². The van der Waals surface area contributed by atoms with E-state index < -0.39 is 5.54 Å². The first-order valence-corrected chi connectivity index (χ1v) is 10.8. The summed E-state index contributed by atoms with van der Waals surface area (Å²) in [6.07, 6.45) is 4.09. The molecule has 1 unspecified atom stereocenters. The second-order valence-corrected chi connectivity index (χ2v) is 8.51. The number of anilines is 1. The molecule has 1 aromatic rings. The zero-order valence-corrected chi connectivity index (χ0v) is 18.1. The highest BCUT2D eigenvalue weighted by atomic mass is 16.5. The van der Waals surface area contributed by atoms with E-state index in [-0.39, 0.29) is 31.1 Å².